The zero-order valence-corrected chi connectivity index (χ0v) is 22.4. The van der Waals surface area contributed by atoms with Crippen LogP contribution in [0.1, 0.15) is 30.9 Å². The lowest BCUT2D eigenvalue weighted by atomic mass is 10.0. The Morgan fingerprint density at radius 3 is 1.59 bits per heavy atom. The van der Waals surface area contributed by atoms with Crippen molar-refractivity contribution in [2.45, 2.75) is 19.8 Å². The van der Waals surface area contributed by atoms with Gasteiger partial charge in [-0.25, -0.2) is 9.54 Å². The summed E-state index contributed by atoms with van der Waals surface area (Å²) in [6, 6.07) is 39.1. The summed E-state index contributed by atoms with van der Waals surface area (Å²) in [5, 5.41) is 3.20. The number of esters is 1. The minimum absolute atomic E-state index is 0.280. The Morgan fingerprint density at radius 1 is 0.730 bits per heavy atom. The van der Waals surface area contributed by atoms with Gasteiger partial charge in [0.05, 0.1) is 14.2 Å². The number of rotatable bonds is 8. The molecule has 0 saturated carbocycles. The van der Waals surface area contributed by atoms with Crippen molar-refractivity contribution in [1.82, 2.24) is 0 Å². The first-order valence-corrected chi connectivity index (χ1v) is 14.1. The van der Waals surface area contributed by atoms with Gasteiger partial charge in [0, 0.05) is 15.9 Å². The zero-order chi connectivity index (χ0) is 26.1. The molecule has 0 fully saturated rings. The van der Waals surface area contributed by atoms with Crippen molar-refractivity contribution in [3.05, 3.63) is 144 Å². The Kier molecular flexibility index (Phi) is 8.72. The summed E-state index contributed by atoms with van der Waals surface area (Å²) in [5.41, 5.74) is 2.63. The minimum Gasteiger partial charge on any atom is -0.464 e. The molecular formula is C33H32NO2P. The van der Waals surface area contributed by atoms with Gasteiger partial charge in [-0.15, -0.1) is 0 Å². The standard InChI is InChI=1S/C33H32NO2P/c1-26(2)28-24-22-27(23-25-28)14-13-21-32(33(35)36-3)34-37(29-15-7-4-8-16-29,30-17-9-5-10-18-30)31-19-11-6-12-20-31/h4-26H,1-3H3/b14-13+,32-21+. The number of hydrogen-bond acceptors (Lipinski definition) is 3. The van der Waals surface area contributed by atoms with Gasteiger partial charge in [-0.1, -0.05) is 141 Å². The Labute approximate surface area is 220 Å². The van der Waals surface area contributed by atoms with Crippen LogP contribution in [0.15, 0.2) is 138 Å². The number of carbonyl (C=O) groups is 1. The van der Waals surface area contributed by atoms with Crippen LogP contribution >= 0.6 is 7.05 Å². The smallest absolute Gasteiger partial charge is 0.356 e. The monoisotopic (exact) mass is 505 g/mol. The summed E-state index contributed by atoms with van der Waals surface area (Å²) in [6.07, 6.45) is 5.61. The van der Waals surface area contributed by atoms with Crippen LogP contribution in [0.3, 0.4) is 0 Å². The Balaban J connectivity index is 1.93. The van der Waals surface area contributed by atoms with Gasteiger partial charge in [-0.05, 0) is 23.1 Å². The average Bonchev–Trinajstić information content (AvgIpc) is 2.96. The predicted molar refractivity (Wildman–Crippen MR) is 157 cm³/mol. The molecule has 0 unspecified atom stereocenters. The van der Waals surface area contributed by atoms with E-state index < -0.39 is 13.0 Å². The molecule has 0 amide bonds. The maximum absolute atomic E-state index is 13.0. The highest BCUT2D eigenvalue weighted by Gasteiger charge is 2.28. The van der Waals surface area contributed by atoms with E-state index in [1.165, 1.54) is 12.7 Å². The fraction of sp³-hybridized carbons (Fsp3) is 0.121. The molecule has 0 aromatic heterocycles. The van der Waals surface area contributed by atoms with Gasteiger partial charge < -0.3 is 4.74 Å². The van der Waals surface area contributed by atoms with Crippen LogP contribution in [0.25, 0.3) is 6.08 Å². The summed E-state index contributed by atoms with van der Waals surface area (Å²) in [5.74, 6) is 0.0145. The molecule has 4 heteroatoms. The van der Waals surface area contributed by atoms with E-state index in [9.17, 15) is 4.79 Å². The third-order valence-electron chi connectivity index (χ3n) is 6.19. The largest absolute Gasteiger partial charge is 0.464 e. The van der Waals surface area contributed by atoms with E-state index in [-0.39, 0.29) is 5.70 Å². The van der Waals surface area contributed by atoms with Crippen molar-refractivity contribution in [1.29, 1.82) is 0 Å². The molecule has 0 heterocycles. The molecule has 37 heavy (non-hydrogen) atoms. The first kappa shape index (κ1) is 26.1. The molecule has 0 aliphatic carbocycles. The van der Waals surface area contributed by atoms with Crippen LogP contribution in [0.2, 0.25) is 0 Å². The lowest BCUT2D eigenvalue weighted by Crippen LogP contribution is -2.26. The van der Waals surface area contributed by atoms with Crippen LogP contribution in [-0.2, 0) is 9.53 Å². The number of benzene rings is 4. The molecule has 3 nitrogen and oxygen atoms in total. The summed E-state index contributed by atoms with van der Waals surface area (Å²) < 4.78 is 10.5. The quantitative estimate of drug-likeness (QED) is 0.111. The second-order valence-electron chi connectivity index (χ2n) is 8.97. The van der Waals surface area contributed by atoms with E-state index in [0.717, 1.165) is 21.5 Å². The van der Waals surface area contributed by atoms with Crippen LogP contribution in [-0.4, -0.2) is 13.1 Å². The number of ether oxygens (including phenoxy) is 1. The molecule has 186 valence electrons. The molecule has 0 radical (unpaired) electrons. The van der Waals surface area contributed by atoms with E-state index in [1.54, 1.807) is 6.08 Å². The molecule has 4 aromatic carbocycles. The number of carbonyl (C=O) groups excluding carboxylic acids is 1. The third-order valence-corrected chi connectivity index (χ3v) is 9.84. The van der Waals surface area contributed by atoms with Gasteiger partial charge in [0.2, 0.25) is 0 Å². The van der Waals surface area contributed by atoms with Gasteiger partial charge in [0.15, 0.2) is 0 Å². The van der Waals surface area contributed by atoms with Gasteiger partial charge >= 0.3 is 5.97 Å². The summed E-state index contributed by atoms with van der Waals surface area (Å²) in [6.45, 7) is 4.36. The zero-order valence-electron chi connectivity index (χ0n) is 21.5. The minimum atomic E-state index is -2.58. The molecule has 0 spiro atoms. The van der Waals surface area contributed by atoms with Gasteiger partial charge in [-0.3, -0.25) is 0 Å². The van der Waals surface area contributed by atoms with Gasteiger partial charge in [-0.2, -0.15) is 0 Å². The van der Waals surface area contributed by atoms with Crippen LogP contribution < -0.4 is 15.9 Å². The first-order valence-electron chi connectivity index (χ1n) is 12.4. The Hall–Kier alpha value is -3.94. The van der Waals surface area contributed by atoms with E-state index in [2.05, 4.69) is 74.5 Å². The van der Waals surface area contributed by atoms with Crippen LogP contribution in [0.5, 0.6) is 0 Å². The molecule has 0 aliphatic heterocycles. The molecule has 0 aliphatic rings. The van der Waals surface area contributed by atoms with E-state index in [1.807, 2.05) is 66.7 Å². The average molecular weight is 506 g/mol. The van der Waals surface area contributed by atoms with E-state index in [4.69, 9.17) is 9.48 Å². The third kappa shape index (κ3) is 6.07. The Bertz CT molecular complexity index is 1320. The molecule has 4 rings (SSSR count). The van der Waals surface area contributed by atoms with Crippen molar-refractivity contribution in [2.24, 2.45) is 4.74 Å². The number of allylic oxidation sites excluding steroid dienone is 2. The second kappa shape index (κ2) is 12.3. The van der Waals surface area contributed by atoms with Crippen LogP contribution in [0.4, 0.5) is 0 Å². The molecule has 0 bridgehead atoms. The van der Waals surface area contributed by atoms with Gasteiger partial charge in [0.25, 0.3) is 0 Å². The normalized spacial score (nSPS) is 12.1. The summed E-state index contributed by atoms with van der Waals surface area (Å²) in [4.78, 5) is 13.0. The Morgan fingerprint density at radius 2 is 1.19 bits per heavy atom. The summed E-state index contributed by atoms with van der Waals surface area (Å²) >= 11 is 0. The van der Waals surface area contributed by atoms with Crippen molar-refractivity contribution in [2.75, 3.05) is 7.11 Å². The lowest BCUT2D eigenvalue weighted by molar-refractivity contribution is -0.136. The highest BCUT2D eigenvalue weighted by atomic mass is 31.2. The maximum atomic E-state index is 13.0. The molecular weight excluding hydrogens is 473 g/mol. The number of hydrogen-bond donors (Lipinski definition) is 0. The topological polar surface area (TPSA) is 38.7 Å². The molecule has 0 atom stereocenters. The van der Waals surface area contributed by atoms with E-state index in [0.29, 0.717) is 5.92 Å². The molecule has 4 aromatic rings. The fourth-order valence-corrected chi connectivity index (χ4v) is 7.73. The van der Waals surface area contributed by atoms with Gasteiger partial charge in [0.1, 0.15) is 5.70 Å². The molecule has 0 saturated heterocycles. The summed E-state index contributed by atoms with van der Waals surface area (Å²) in [7, 11) is -1.19. The van der Waals surface area contributed by atoms with Crippen molar-refractivity contribution in [3.8, 4) is 0 Å². The number of methoxy groups -OCH3 is 1. The highest BCUT2D eigenvalue weighted by Crippen LogP contribution is 2.47. The predicted octanol–water partition coefficient (Wildman–Crippen LogP) is 7.06. The van der Waals surface area contributed by atoms with Crippen LogP contribution in [0, 0.1) is 0 Å². The second-order valence-corrected chi connectivity index (χ2v) is 12.0. The number of nitrogens with zero attached hydrogens (tertiary/aromatic N) is 1. The lowest BCUT2D eigenvalue weighted by Gasteiger charge is -2.27. The fourth-order valence-electron chi connectivity index (χ4n) is 4.20. The van der Waals surface area contributed by atoms with Crippen molar-refractivity contribution in [3.63, 3.8) is 0 Å². The maximum Gasteiger partial charge on any atom is 0.356 e. The first-order chi connectivity index (χ1) is 18.0. The highest BCUT2D eigenvalue weighted by molar-refractivity contribution is 7.87. The van der Waals surface area contributed by atoms with Crippen molar-refractivity contribution < 1.29 is 9.53 Å². The SMILES string of the molecule is COC(=O)/C(=C\C=C\c1ccc(C(C)C)cc1)N=P(c1ccccc1)(c1ccccc1)c1ccccc1. The van der Waals surface area contributed by atoms with Crippen molar-refractivity contribution >= 4 is 35.0 Å². The van der Waals surface area contributed by atoms with E-state index >= 15 is 0 Å². The molecule has 0 N–H and O–H groups in total.